The van der Waals surface area contributed by atoms with Crippen LogP contribution in [-0.2, 0) is 0 Å². The Balaban J connectivity index is 0.835. The van der Waals surface area contributed by atoms with Crippen molar-refractivity contribution in [1.29, 1.82) is 0 Å². The molecule has 0 aliphatic carbocycles. The van der Waals surface area contributed by atoms with Crippen LogP contribution in [0.3, 0.4) is 0 Å². The molecule has 5 nitrogen and oxygen atoms in total. The fraction of sp³-hybridized carbons (Fsp3) is 0. The standard InChI is InChI=1S/C75H46N4O/c1-4-19-47(20-5-1)54-42-55(48-21-6-2-7-22-48)44-56(43-54)50-25-16-26-53(41-50)74-76-73(49-23-8-3-9-24-49)77-75(78-74)63-33-18-36-70-72(63)65-46-52(38-40-69(65)80-70)51-37-39-67-64(45-51)60-30-14-15-34-66(60)79(67)68-35-17-32-62-59-28-11-10-27-57(59)58-29-12-13-31-61(58)71(62)68/h1-46H. The number of aromatic nitrogens is 4. The van der Waals surface area contributed by atoms with Gasteiger partial charge in [0, 0.05) is 43.6 Å². The van der Waals surface area contributed by atoms with Crippen molar-refractivity contribution in [2.75, 3.05) is 0 Å². The monoisotopic (exact) mass is 1020 g/mol. The van der Waals surface area contributed by atoms with Crippen molar-refractivity contribution < 1.29 is 4.42 Å². The highest BCUT2D eigenvalue weighted by Gasteiger charge is 2.22. The van der Waals surface area contributed by atoms with Gasteiger partial charge in [0.25, 0.3) is 0 Å². The van der Waals surface area contributed by atoms with Crippen LogP contribution in [0.5, 0.6) is 0 Å². The van der Waals surface area contributed by atoms with Crippen LogP contribution < -0.4 is 0 Å². The Kier molecular flexibility index (Phi) is 10.5. The lowest BCUT2D eigenvalue weighted by Crippen LogP contribution is -2.00. The molecule has 0 unspecified atom stereocenters. The summed E-state index contributed by atoms with van der Waals surface area (Å²) < 4.78 is 9.14. The number of furan rings is 1. The second kappa shape index (κ2) is 18.5. The summed E-state index contributed by atoms with van der Waals surface area (Å²) >= 11 is 0. The molecule has 0 bridgehead atoms. The topological polar surface area (TPSA) is 56.7 Å². The largest absolute Gasteiger partial charge is 0.456 e. The third kappa shape index (κ3) is 7.51. The van der Waals surface area contributed by atoms with Crippen LogP contribution in [0.4, 0.5) is 0 Å². The Morgan fingerprint density at radius 3 is 1.38 bits per heavy atom. The SMILES string of the molecule is c1ccc(-c2cc(-c3ccccc3)cc(-c3cccc(-c4nc(-c5ccccc5)nc(-c5cccc6oc7ccc(-c8ccc9c(c8)c8ccccc8n9-c8cccc9c%10ccccc%10c%10ccccc%10c89)cc7c56)n4)c3)c2)cc1. The van der Waals surface area contributed by atoms with Gasteiger partial charge in [-0.25, -0.2) is 15.0 Å². The van der Waals surface area contributed by atoms with Gasteiger partial charge >= 0.3 is 0 Å². The third-order valence-corrected chi connectivity index (χ3v) is 16.0. The van der Waals surface area contributed by atoms with Gasteiger partial charge in [-0.15, -0.1) is 0 Å². The second-order valence-corrected chi connectivity index (χ2v) is 20.7. The average Bonchev–Trinajstić information content (AvgIpc) is 4.20. The summed E-state index contributed by atoms with van der Waals surface area (Å²) in [5.41, 5.74) is 16.7. The first kappa shape index (κ1) is 45.4. The number of nitrogens with zero attached hydrogens (tertiary/aromatic N) is 4. The van der Waals surface area contributed by atoms with Crippen molar-refractivity contribution in [3.8, 4) is 84.4 Å². The van der Waals surface area contributed by atoms with Gasteiger partial charge in [-0.1, -0.05) is 212 Å². The molecule has 372 valence electrons. The minimum absolute atomic E-state index is 0.568. The molecule has 0 fully saturated rings. The zero-order chi connectivity index (χ0) is 52.7. The smallest absolute Gasteiger partial charge is 0.164 e. The normalized spacial score (nSPS) is 11.8. The van der Waals surface area contributed by atoms with E-state index < -0.39 is 0 Å². The molecule has 0 saturated heterocycles. The minimum atomic E-state index is 0.568. The first-order valence-electron chi connectivity index (χ1n) is 27.2. The summed E-state index contributed by atoms with van der Waals surface area (Å²) in [5.74, 6) is 1.75. The highest BCUT2D eigenvalue weighted by molar-refractivity contribution is 6.28. The molecule has 5 heteroatoms. The van der Waals surface area contributed by atoms with E-state index >= 15 is 0 Å². The lowest BCUT2D eigenvalue weighted by molar-refractivity contribution is 0.669. The van der Waals surface area contributed by atoms with E-state index in [9.17, 15) is 0 Å². The number of benzene rings is 13. The number of hydrogen-bond acceptors (Lipinski definition) is 4. The van der Waals surface area contributed by atoms with Gasteiger partial charge in [-0.05, 0) is 138 Å². The van der Waals surface area contributed by atoms with E-state index in [4.69, 9.17) is 19.4 Å². The third-order valence-electron chi connectivity index (χ3n) is 16.0. The summed E-state index contributed by atoms with van der Waals surface area (Å²) in [6, 6.07) is 99.6. The quantitative estimate of drug-likeness (QED) is 0.142. The van der Waals surface area contributed by atoms with Gasteiger partial charge in [-0.2, -0.15) is 0 Å². The van der Waals surface area contributed by atoms with E-state index in [1.54, 1.807) is 0 Å². The molecule has 80 heavy (non-hydrogen) atoms. The highest BCUT2D eigenvalue weighted by atomic mass is 16.3. The molecule has 13 aromatic carbocycles. The summed E-state index contributed by atoms with van der Waals surface area (Å²) in [6.07, 6.45) is 0. The van der Waals surface area contributed by atoms with Crippen LogP contribution in [0.25, 0.3) is 160 Å². The van der Waals surface area contributed by atoms with Crippen molar-refractivity contribution in [3.05, 3.63) is 279 Å². The fourth-order valence-electron chi connectivity index (χ4n) is 12.3. The molecule has 0 amide bonds. The van der Waals surface area contributed by atoms with Crippen molar-refractivity contribution in [1.82, 2.24) is 19.5 Å². The molecule has 3 aromatic heterocycles. The van der Waals surface area contributed by atoms with Crippen LogP contribution >= 0.6 is 0 Å². The molecular formula is C75H46N4O. The van der Waals surface area contributed by atoms with Crippen LogP contribution in [0, 0.1) is 0 Å². The van der Waals surface area contributed by atoms with Crippen molar-refractivity contribution >= 4 is 76.1 Å². The van der Waals surface area contributed by atoms with Crippen molar-refractivity contribution in [2.24, 2.45) is 0 Å². The van der Waals surface area contributed by atoms with Crippen LogP contribution in [0.15, 0.2) is 283 Å². The maximum Gasteiger partial charge on any atom is 0.164 e. The highest BCUT2D eigenvalue weighted by Crippen LogP contribution is 2.44. The van der Waals surface area contributed by atoms with Gasteiger partial charge in [0.2, 0.25) is 0 Å². The minimum Gasteiger partial charge on any atom is -0.456 e. The molecule has 16 rings (SSSR count). The predicted molar refractivity (Wildman–Crippen MR) is 332 cm³/mol. The van der Waals surface area contributed by atoms with Gasteiger partial charge < -0.3 is 8.98 Å². The van der Waals surface area contributed by atoms with Crippen LogP contribution in [0.1, 0.15) is 0 Å². The lowest BCUT2D eigenvalue weighted by Gasteiger charge is -2.16. The van der Waals surface area contributed by atoms with E-state index in [1.807, 2.05) is 30.3 Å². The van der Waals surface area contributed by atoms with E-state index in [-0.39, 0.29) is 0 Å². The van der Waals surface area contributed by atoms with Crippen molar-refractivity contribution in [2.45, 2.75) is 0 Å². The molecule has 0 aliphatic rings. The Morgan fingerprint density at radius 1 is 0.237 bits per heavy atom. The van der Waals surface area contributed by atoms with Crippen LogP contribution in [0.2, 0.25) is 0 Å². The molecule has 0 N–H and O–H groups in total. The molecule has 3 heterocycles. The molecule has 16 aromatic rings. The van der Waals surface area contributed by atoms with E-state index in [2.05, 4.69) is 253 Å². The average molecular weight is 1020 g/mol. The summed E-state index contributed by atoms with van der Waals surface area (Å²) in [5, 5.41) is 11.9. The van der Waals surface area contributed by atoms with Gasteiger partial charge in [0.05, 0.1) is 16.7 Å². The van der Waals surface area contributed by atoms with E-state index in [0.29, 0.717) is 17.5 Å². The summed E-state index contributed by atoms with van der Waals surface area (Å²) in [4.78, 5) is 15.8. The summed E-state index contributed by atoms with van der Waals surface area (Å²) in [7, 11) is 0. The molecule has 0 atom stereocenters. The molecular weight excluding hydrogens is 973 g/mol. The Bertz CT molecular complexity index is 5020. The number of para-hydroxylation sites is 1. The van der Waals surface area contributed by atoms with Gasteiger partial charge in [0.15, 0.2) is 17.5 Å². The van der Waals surface area contributed by atoms with E-state index in [0.717, 1.165) is 99.9 Å². The number of rotatable bonds is 8. The Hall–Kier alpha value is -10.8. The van der Waals surface area contributed by atoms with E-state index in [1.165, 1.54) is 43.1 Å². The molecule has 0 radical (unpaired) electrons. The zero-order valence-electron chi connectivity index (χ0n) is 43.3. The molecule has 0 saturated carbocycles. The molecule has 0 spiro atoms. The lowest BCUT2D eigenvalue weighted by atomic mass is 9.93. The van der Waals surface area contributed by atoms with Crippen molar-refractivity contribution in [3.63, 3.8) is 0 Å². The first-order chi connectivity index (χ1) is 39.6. The maximum atomic E-state index is 6.68. The zero-order valence-corrected chi connectivity index (χ0v) is 43.3. The number of fused-ring (bicyclic) bond motifs is 12. The fourth-order valence-corrected chi connectivity index (χ4v) is 12.3. The molecule has 0 aliphatic heterocycles. The maximum absolute atomic E-state index is 6.68. The number of hydrogen-bond donors (Lipinski definition) is 0. The first-order valence-corrected chi connectivity index (χ1v) is 27.2. The van der Waals surface area contributed by atoms with Gasteiger partial charge in [0.1, 0.15) is 11.2 Å². The second-order valence-electron chi connectivity index (χ2n) is 20.7. The predicted octanol–water partition coefficient (Wildman–Crippen LogP) is 20.0. The Labute approximate surface area is 461 Å². The Morgan fingerprint density at radius 2 is 0.688 bits per heavy atom. The summed E-state index contributed by atoms with van der Waals surface area (Å²) in [6.45, 7) is 0. The van der Waals surface area contributed by atoms with Gasteiger partial charge in [-0.3, -0.25) is 0 Å². The van der Waals surface area contributed by atoms with Crippen LogP contribution in [-0.4, -0.2) is 19.5 Å².